The molecule has 1 aromatic rings. The molecule has 20 heavy (non-hydrogen) atoms. The molecule has 2 rings (SSSR count). The third kappa shape index (κ3) is 2.74. The maximum absolute atomic E-state index is 12.2. The topological polar surface area (TPSA) is 46.5 Å². The Balaban J connectivity index is 2.49. The number of benzene rings is 1. The molecule has 0 radical (unpaired) electrons. The van der Waals surface area contributed by atoms with Crippen molar-refractivity contribution in [2.45, 2.75) is 13.8 Å². The van der Waals surface area contributed by atoms with Gasteiger partial charge in [0.2, 0.25) is 5.78 Å². The lowest BCUT2D eigenvalue weighted by Gasteiger charge is -2.17. The van der Waals surface area contributed by atoms with Crippen molar-refractivity contribution in [2.24, 2.45) is 4.99 Å². The molecular weight excluding hydrogens is 386 g/mol. The highest BCUT2D eigenvalue weighted by molar-refractivity contribution is 9.13. The first-order valence-corrected chi connectivity index (χ1v) is 7.48. The smallest absolute Gasteiger partial charge is 0.277 e. The van der Waals surface area contributed by atoms with Gasteiger partial charge in [0.25, 0.3) is 5.91 Å². The molecule has 102 valence electrons. The number of hydrogen-bond acceptors (Lipinski definition) is 2. The Hall–Kier alpha value is -1.33. The summed E-state index contributed by atoms with van der Waals surface area (Å²) in [5, 5.41) is 0. The molecule has 1 amide bonds. The first kappa shape index (κ1) is 15.1. The van der Waals surface area contributed by atoms with Gasteiger partial charge in [0.15, 0.2) is 0 Å². The van der Waals surface area contributed by atoms with E-state index in [2.05, 4.69) is 36.9 Å². The second kappa shape index (κ2) is 5.97. The van der Waals surface area contributed by atoms with Gasteiger partial charge in [-0.15, -0.1) is 0 Å². The molecular formula is C15H11Br2NO2. The lowest BCUT2D eigenvalue weighted by molar-refractivity contribution is -0.111. The highest BCUT2D eigenvalue weighted by Gasteiger charge is 2.26. The van der Waals surface area contributed by atoms with Crippen LogP contribution in [0.4, 0.5) is 0 Å². The molecule has 0 unspecified atom stereocenters. The van der Waals surface area contributed by atoms with Gasteiger partial charge in [-0.05, 0) is 69.0 Å². The average Bonchev–Trinajstić information content (AvgIpc) is 2.48. The predicted octanol–water partition coefficient (Wildman–Crippen LogP) is 4.19. The quantitative estimate of drug-likeness (QED) is 0.668. The number of carbonyl (C=O) groups excluding carboxylic acids is 2. The van der Waals surface area contributed by atoms with Crippen molar-refractivity contribution in [3.05, 3.63) is 56.0 Å². The molecule has 1 aliphatic carbocycles. The molecule has 1 aromatic carbocycles. The fourth-order valence-corrected chi connectivity index (χ4v) is 2.88. The van der Waals surface area contributed by atoms with Crippen molar-refractivity contribution < 1.29 is 9.59 Å². The minimum absolute atomic E-state index is 0.133. The fourth-order valence-electron chi connectivity index (χ4n) is 1.84. The molecule has 0 aromatic heterocycles. The van der Waals surface area contributed by atoms with Crippen LogP contribution in [-0.4, -0.2) is 17.4 Å². The van der Waals surface area contributed by atoms with E-state index in [4.69, 9.17) is 0 Å². The van der Waals surface area contributed by atoms with Gasteiger partial charge in [-0.1, -0.05) is 18.2 Å². The van der Waals surface area contributed by atoms with Crippen molar-refractivity contribution in [3.8, 4) is 0 Å². The Morgan fingerprint density at radius 2 is 1.50 bits per heavy atom. The molecule has 0 N–H and O–H groups in total. The van der Waals surface area contributed by atoms with E-state index < -0.39 is 0 Å². The normalized spacial score (nSPS) is 15.8. The Morgan fingerprint density at radius 1 is 1.00 bits per heavy atom. The zero-order valence-electron chi connectivity index (χ0n) is 10.9. The second-order valence-electron chi connectivity index (χ2n) is 4.34. The third-order valence-electron chi connectivity index (χ3n) is 3.00. The van der Waals surface area contributed by atoms with E-state index in [1.165, 1.54) is 0 Å². The van der Waals surface area contributed by atoms with E-state index in [0.29, 0.717) is 31.4 Å². The second-order valence-corrected chi connectivity index (χ2v) is 5.92. The SMILES string of the molecule is CC1=C(Br)C(=O)C(Br)=C(C)C1=NC(=O)c1ccccc1. The van der Waals surface area contributed by atoms with Crippen molar-refractivity contribution in [1.29, 1.82) is 0 Å². The van der Waals surface area contributed by atoms with Gasteiger partial charge in [-0.2, -0.15) is 0 Å². The maximum atomic E-state index is 12.2. The van der Waals surface area contributed by atoms with E-state index in [1.807, 2.05) is 6.07 Å². The Labute approximate surface area is 133 Å². The number of nitrogens with zero attached hydrogens (tertiary/aromatic N) is 1. The maximum Gasteiger partial charge on any atom is 0.277 e. The molecule has 0 bridgehead atoms. The molecule has 0 saturated heterocycles. The van der Waals surface area contributed by atoms with Crippen LogP contribution in [0.1, 0.15) is 24.2 Å². The standard InChI is InChI=1S/C15H11Br2NO2/c1-8-11(16)14(19)12(17)9(2)13(8)18-15(20)10-6-4-3-5-7-10/h3-7H,1-2H3. The van der Waals surface area contributed by atoms with Crippen LogP contribution in [0.5, 0.6) is 0 Å². The van der Waals surface area contributed by atoms with Gasteiger partial charge >= 0.3 is 0 Å². The molecule has 0 atom stereocenters. The van der Waals surface area contributed by atoms with Crippen molar-refractivity contribution in [3.63, 3.8) is 0 Å². The van der Waals surface area contributed by atoms with Gasteiger partial charge in [0, 0.05) is 5.56 Å². The Bertz CT molecular complexity index is 655. The summed E-state index contributed by atoms with van der Waals surface area (Å²) in [6.45, 7) is 3.53. The molecule has 3 nitrogen and oxygen atoms in total. The molecule has 5 heteroatoms. The fraction of sp³-hybridized carbons (Fsp3) is 0.133. The van der Waals surface area contributed by atoms with Gasteiger partial charge in [0.05, 0.1) is 14.7 Å². The Morgan fingerprint density at radius 3 is 2.00 bits per heavy atom. The molecule has 1 aliphatic rings. The molecule has 0 spiro atoms. The molecule has 0 aliphatic heterocycles. The van der Waals surface area contributed by atoms with Crippen molar-refractivity contribution in [2.75, 3.05) is 0 Å². The van der Waals surface area contributed by atoms with E-state index in [0.717, 1.165) is 0 Å². The monoisotopic (exact) mass is 395 g/mol. The zero-order chi connectivity index (χ0) is 14.9. The van der Waals surface area contributed by atoms with Gasteiger partial charge in [-0.25, -0.2) is 4.99 Å². The number of ketones is 1. The van der Waals surface area contributed by atoms with Crippen LogP contribution < -0.4 is 0 Å². The number of amides is 1. The van der Waals surface area contributed by atoms with E-state index >= 15 is 0 Å². The van der Waals surface area contributed by atoms with Crippen LogP contribution in [0.3, 0.4) is 0 Å². The zero-order valence-corrected chi connectivity index (χ0v) is 14.1. The molecule has 0 fully saturated rings. The highest BCUT2D eigenvalue weighted by Crippen LogP contribution is 2.31. The van der Waals surface area contributed by atoms with Gasteiger partial charge < -0.3 is 0 Å². The number of aliphatic imine (C=N–C) groups is 1. The van der Waals surface area contributed by atoms with Crippen LogP contribution in [0.2, 0.25) is 0 Å². The lowest BCUT2D eigenvalue weighted by Crippen LogP contribution is -2.18. The highest BCUT2D eigenvalue weighted by atomic mass is 79.9. The summed E-state index contributed by atoms with van der Waals surface area (Å²) >= 11 is 6.49. The number of Topliss-reactive ketones (excluding diaryl/α,β-unsaturated/α-hetero) is 1. The van der Waals surface area contributed by atoms with E-state index in [1.54, 1.807) is 38.1 Å². The average molecular weight is 397 g/mol. The number of carbonyl (C=O) groups is 2. The summed E-state index contributed by atoms with van der Waals surface area (Å²) in [5.74, 6) is -0.458. The minimum atomic E-state index is -0.325. The van der Waals surface area contributed by atoms with Gasteiger partial charge in [-0.3, -0.25) is 9.59 Å². The largest absolute Gasteiger partial charge is 0.287 e. The number of hydrogen-bond donors (Lipinski definition) is 0. The summed E-state index contributed by atoms with van der Waals surface area (Å²) in [6.07, 6.45) is 0. The Kier molecular flexibility index (Phi) is 4.50. The van der Waals surface area contributed by atoms with Crippen molar-refractivity contribution in [1.82, 2.24) is 0 Å². The number of rotatable bonds is 1. The predicted molar refractivity (Wildman–Crippen MR) is 86.5 cm³/mol. The van der Waals surface area contributed by atoms with E-state index in [9.17, 15) is 9.59 Å². The summed E-state index contributed by atoms with van der Waals surface area (Å²) in [4.78, 5) is 28.2. The minimum Gasteiger partial charge on any atom is -0.287 e. The molecule has 0 saturated carbocycles. The first-order valence-electron chi connectivity index (χ1n) is 5.89. The summed E-state index contributed by atoms with van der Waals surface area (Å²) in [5.41, 5.74) is 2.38. The van der Waals surface area contributed by atoms with Gasteiger partial charge in [0.1, 0.15) is 0 Å². The first-order chi connectivity index (χ1) is 9.43. The van der Waals surface area contributed by atoms with Crippen LogP contribution in [0, 0.1) is 0 Å². The third-order valence-corrected chi connectivity index (χ3v) is 4.91. The van der Waals surface area contributed by atoms with Crippen molar-refractivity contribution >= 4 is 49.3 Å². The molecule has 0 heterocycles. The summed E-state index contributed by atoms with van der Waals surface area (Å²) in [6, 6.07) is 8.84. The van der Waals surface area contributed by atoms with E-state index in [-0.39, 0.29) is 11.7 Å². The van der Waals surface area contributed by atoms with Crippen LogP contribution in [-0.2, 0) is 4.79 Å². The van der Waals surface area contributed by atoms with Crippen LogP contribution >= 0.6 is 31.9 Å². The lowest BCUT2D eigenvalue weighted by atomic mass is 9.97. The number of halogens is 2. The summed E-state index contributed by atoms with van der Waals surface area (Å²) in [7, 11) is 0. The van der Waals surface area contributed by atoms with Crippen LogP contribution in [0.15, 0.2) is 55.4 Å². The number of allylic oxidation sites excluding steroid dienone is 4. The summed E-state index contributed by atoms with van der Waals surface area (Å²) < 4.78 is 0.851. The van der Waals surface area contributed by atoms with Crippen LogP contribution in [0.25, 0.3) is 0 Å².